The Hall–Kier alpha value is -1.40. The maximum absolute atomic E-state index is 11.2. The van der Waals surface area contributed by atoms with Crippen LogP contribution < -0.4 is 10.6 Å². The van der Waals surface area contributed by atoms with Crippen molar-refractivity contribution in [3.05, 3.63) is 17.5 Å². The van der Waals surface area contributed by atoms with E-state index in [1.165, 1.54) is 6.20 Å². The van der Waals surface area contributed by atoms with E-state index in [4.69, 9.17) is 22.1 Å². The topological polar surface area (TPSA) is 81.3 Å². The molecule has 1 aliphatic rings. The summed E-state index contributed by atoms with van der Waals surface area (Å²) in [6.07, 6.45) is 2.98. The third-order valence-corrected chi connectivity index (χ3v) is 2.53. The smallest absolute Gasteiger partial charge is 0.242 e. The summed E-state index contributed by atoms with van der Waals surface area (Å²) in [5.41, 5.74) is 5.29. The van der Waals surface area contributed by atoms with Crippen LogP contribution in [0.3, 0.4) is 0 Å². The van der Waals surface area contributed by atoms with E-state index >= 15 is 0 Å². The van der Waals surface area contributed by atoms with E-state index in [0.29, 0.717) is 19.0 Å². The Morgan fingerprint density at radius 2 is 2.44 bits per heavy atom. The first-order valence-electron chi connectivity index (χ1n) is 4.80. The van der Waals surface area contributed by atoms with E-state index in [0.717, 1.165) is 0 Å². The lowest BCUT2D eigenvalue weighted by molar-refractivity contribution is -0.121. The van der Waals surface area contributed by atoms with Crippen LogP contribution in [0, 0.1) is 0 Å². The molecule has 0 aromatic carbocycles. The molecule has 1 unspecified atom stereocenters. The molecule has 0 bridgehead atoms. The zero-order chi connectivity index (χ0) is 11.5. The maximum atomic E-state index is 11.2. The maximum Gasteiger partial charge on any atom is 0.242 e. The van der Waals surface area contributed by atoms with Crippen molar-refractivity contribution < 1.29 is 9.53 Å². The highest BCUT2D eigenvalue weighted by atomic mass is 35.5. The van der Waals surface area contributed by atoms with E-state index in [-0.39, 0.29) is 11.8 Å². The second-order valence-corrected chi connectivity index (χ2v) is 3.77. The van der Waals surface area contributed by atoms with Crippen molar-refractivity contribution >= 4 is 23.3 Å². The molecular weight excluding hydrogens is 232 g/mol. The second kappa shape index (κ2) is 4.63. The predicted molar refractivity (Wildman–Crippen MR) is 58.2 cm³/mol. The molecule has 1 aromatic rings. The van der Waals surface area contributed by atoms with Gasteiger partial charge in [-0.3, -0.25) is 9.78 Å². The van der Waals surface area contributed by atoms with Crippen LogP contribution in [0.25, 0.3) is 0 Å². The molecule has 0 radical (unpaired) electrons. The molecule has 0 aliphatic carbocycles. The fourth-order valence-corrected chi connectivity index (χ4v) is 1.73. The highest BCUT2D eigenvalue weighted by molar-refractivity contribution is 6.29. The molecule has 1 fully saturated rings. The lowest BCUT2D eigenvalue weighted by Crippen LogP contribution is -2.53. The number of carbonyl (C=O) groups is 1. The Morgan fingerprint density at radius 3 is 3.12 bits per heavy atom. The fraction of sp³-hybridized carbons (Fsp3) is 0.444. The minimum Gasteiger partial charge on any atom is -0.377 e. The number of anilines is 1. The Morgan fingerprint density at radius 1 is 1.62 bits per heavy atom. The number of morpholine rings is 1. The number of hydrogen-bond donors (Lipinski definition) is 1. The summed E-state index contributed by atoms with van der Waals surface area (Å²) in [5.74, 6) is 0.0982. The number of primary amides is 1. The van der Waals surface area contributed by atoms with Crippen LogP contribution >= 0.6 is 11.6 Å². The Kier molecular flexibility index (Phi) is 3.21. The van der Waals surface area contributed by atoms with E-state index in [9.17, 15) is 4.79 Å². The lowest BCUT2D eigenvalue weighted by atomic mass is 10.2. The Bertz CT molecular complexity index is 401. The molecule has 7 heteroatoms. The predicted octanol–water partition coefficient (Wildman–Crippen LogP) is -0.179. The number of aromatic nitrogens is 2. The fourth-order valence-electron chi connectivity index (χ4n) is 1.58. The average Bonchev–Trinajstić information content (AvgIpc) is 2.29. The monoisotopic (exact) mass is 242 g/mol. The summed E-state index contributed by atoms with van der Waals surface area (Å²) >= 11 is 5.74. The second-order valence-electron chi connectivity index (χ2n) is 3.39. The summed E-state index contributed by atoms with van der Waals surface area (Å²) in [6, 6.07) is -0.512. The number of nitrogens with two attached hydrogens (primary N) is 1. The van der Waals surface area contributed by atoms with Crippen LogP contribution in [0.4, 0.5) is 5.82 Å². The molecule has 1 saturated heterocycles. The number of carbonyl (C=O) groups excluding carboxylic acids is 1. The third-order valence-electron chi connectivity index (χ3n) is 2.34. The molecular formula is C9H11ClN4O2. The Balaban J connectivity index is 2.26. The van der Waals surface area contributed by atoms with Crippen LogP contribution in [0.2, 0.25) is 5.15 Å². The summed E-state index contributed by atoms with van der Waals surface area (Å²) in [4.78, 5) is 21.0. The van der Waals surface area contributed by atoms with Gasteiger partial charge < -0.3 is 15.4 Å². The van der Waals surface area contributed by atoms with Gasteiger partial charge in [-0.1, -0.05) is 11.6 Å². The van der Waals surface area contributed by atoms with Gasteiger partial charge in [-0.05, 0) is 0 Å². The van der Waals surface area contributed by atoms with Gasteiger partial charge in [-0.15, -0.1) is 0 Å². The van der Waals surface area contributed by atoms with E-state index in [2.05, 4.69) is 9.97 Å². The molecule has 2 heterocycles. The molecule has 1 atom stereocenters. The van der Waals surface area contributed by atoms with Crippen molar-refractivity contribution in [1.29, 1.82) is 0 Å². The van der Waals surface area contributed by atoms with Gasteiger partial charge >= 0.3 is 0 Å². The molecule has 1 aromatic heterocycles. The average molecular weight is 243 g/mol. The molecule has 6 nitrogen and oxygen atoms in total. The number of ether oxygens (including phenoxy) is 1. The zero-order valence-electron chi connectivity index (χ0n) is 8.47. The van der Waals surface area contributed by atoms with Crippen molar-refractivity contribution in [3.63, 3.8) is 0 Å². The van der Waals surface area contributed by atoms with Crippen LogP contribution in [0.15, 0.2) is 12.4 Å². The third kappa shape index (κ3) is 2.23. The Labute approximate surface area is 97.4 Å². The van der Waals surface area contributed by atoms with Crippen LogP contribution in [0.1, 0.15) is 0 Å². The minimum atomic E-state index is -0.512. The van der Waals surface area contributed by atoms with Crippen molar-refractivity contribution in [1.82, 2.24) is 9.97 Å². The zero-order valence-corrected chi connectivity index (χ0v) is 9.22. The SMILES string of the molecule is NC(=O)C1COCCN1c1cncc(Cl)n1. The summed E-state index contributed by atoms with van der Waals surface area (Å²) < 4.78 is 5.20. The molecule has 1 aliphatic heterocycles. The summed E-state index contributed by atoms with van der Waals surface area (Å²) in [6.45, 7) is 1.34. The standard InChI is InChI=1S/C9H11ClN4O2/c10-7-3-12-4-8(13-7)14-1-2-16-5-6(14)9(11)15/h3-4,6H,1-2,5H2,(H2,11,15). The van der Waals surface area contributed by atoms with E-state index in [1.807, 2.05) is 0 Å². The van der Waals surface area contributed by atoms with Gasteiger partial charge in [-0.25, -0.2) is 4.98 Å². The molecule has 2 N–H and O–H groups in total. The largest absolute Gasteiger partial charge is 0.377 e. The van der Waals surface area contributed by atoms with Crippen molar-refractivity contribution in [2.45, 2.75) is 6.04 Å². The highest BCUT2D eigenvalue weighted by Crippen LogP contribution is 2.17. The summed E-state index contributed by atoms with van der Waals surface area (Å²) in [5, 5.41) is 0.284. The number of rotatable bonds is 2. The van der Waals surface area contributed by atoms with Crippen LogP contribution in [-0.4, -0.2) is 41.7 Å². The number of nitrogens with zero attached hydrogens (tertiary/aromatic N) is 3. The van der Waals surface area contributed by atoms with Crippen molar-refractivity contribution in [2.75, 3.05) is 24.7 Å². The minimum absolute atomic E-state index is 0.267. The highest BCUT2D eigenvalue weighted by Gasteiger charge is 2.28. The van der Waals surface area contributed by atoms with Gasteiger partial charge in [0.1, 0.15) is 17.0 Å². The molecule has 16 heavy (non-hydrogen) atoms. The van der Waals surface area contributed by atoms with E-state index in [1.54, 1.807) is 11.1 Å². The molecule has 2 rings (SSSR count). The molecule has 1 amide bonds. The van der Waals surface area contributed by atoms with E-state index < -0.39 is 11.9 Å². The van der Waals surface area contributed by atoms with Gasteiger partial charge in [0.05, 0.1) is 25.6 Å². The molecule has 0 saturated carbocycles. The van der Waals surface area contributed by atoms with Gasteiger partial charge in [0.15, 0.2) is 0 Å². The van der Waals surface area contributed by atoms with Crippen molar-refractivity contribution in [3.8, 4) is 0 Å². The quantitative estimate of drug-likeness (QED) is 0.778. The van der Waals surface area contributed by atoms with Gasteiger partial charge in [0.25, 0.3) is 0 Å². The molecule has 0 spiro atoms. The first-order valence-corrected chi connectivity index (χ1v) is 5.17. The molecule has 86 valence electrons. The van der Waals surface area contributed by atoms with Gasteiger partial charge in [-0.2, -0.15) is 0 Å². The first kappa shape index (κ1) is 11.1. The van der Waals surface area contributed by atoms with Crippen LogP contribution in [-0.2, 0) is 9.53 Å². The van der Waals surface area contributed by atoms with Gasteiger partial charge in [0, 0.05) is 6.54 Å². The lowest BCUT2D eigenvalue weighted by Gasteiger charge is -2.34. The number of amides is 1. The van der Waals surface area contributed by atoms with Crippen LogP contribution in [0.5, 0.6) is 0 Å². The van der Waals surface area contributed by atoms with Gasteiger partial charge in [0.2, 0.25) is 5.91 Å². The first-order chi connectivity index (χ1) is 7.68. The normalized spacial score (nSPS) is 20.8. The number of halogens is 1. The van der Waals surface area contributed by atoms with Crippen molar-refractivity contribution in [2.24, 2.45) is 5.73 Å². The number of hydrogen-bond acceptors (Lipinski definition) is 5. The summed E-state index contributed by atoms with van der Waals surface area (Å²) in [7, 11) is 0.